The van der Waals surface area contributed by atoms with Crippen molar-refractivity contribution in [2.24, 2.45) is 0 Å². The molecule has 0 aliphatic carbocycles. The molecule has 0 bridgehead atoms. The second-order valence-electron chi connectivity index (χ2n) is 6.86. The lowest BCUT2D eigenvalue weighted by atomic mass is 10.2. The summed E-state index contributed by atoms with van der Waals surface area (Å²) in [7, 11) is -7.78. The van der Waals surface area contributed by atoms with Crippen LogP contribution in [0.1, 0.15) is 25.0 Å². The summed E-state index contributed by atoms with van der Waals surface area (Å²) in [5.74, 6) is 0. The van der Waals surface area contributed by atoms with Crippen molar-refractivity contribution in [2.75, 3.05) is 13.2 Å². The number of rotatable bonds is 10. The van der Waals surface area contributed by atoms with Gasteiger partial charge in [0.1, 0.15) is 0 Å². The van der Waals surface area contributed by atoms with Crippen molar-refractivity contribution in [2.45, 2.75) is 49.7 Å². The summed E-state index contributed by atoms with van der Waals surface area (Å²) >= 11 is 0. The van der Waals surface area contributed by atoms with E-state index in [2.05, 4.69) is 0 Å². The van der Waals surface area contributed by atoms with Gasteiger partial charge in [-0.05, 0) is 52.0 Å². The largest absolute Gasteiger partial charge is 0.371 e. The van der Waals surface area contributed by atoms with Crippen molar-refractivity contribution in [3.05, 3.63) is 59.7 Å². The van der Waals surface area contributed by atoms with Gasteiger partial charge < -0.3 is 4.74 Å². The van der Waals surface area contributed by atoms with E-state index >= 15 is 0 Å². The van der Waals surface area contributed by atoms with E-state index < -0.39 is 32.4 Å². The first-order chi connectivity index (χ1) is 13.5. The molecule has 0 heterocycles. The molecule has 160 valence electrons. The van der Waals surface area contributed by atoms with Crippen LogP contribution in [0.2, 0.25) is 0 Å². The van der Waals surface area contributed by atoms with Gasteiger partial charge >= 0.3 is 0 Å². The third-order valence-electron chi connectivity index (χ3n) is 4.00. The zero-order valence-corrected chi connectivity index (χ0v) is 18.5. The van der Waals surface area contributed by atoms with Gasteiger partial charge in [0, 0.05) is 0 Å². The van der Waals surface area contributed by atoms with Crippen LogP contribution in [0.15, 0.2) is 58.3 Å². The molecule has 0 fully saturated rings. The van der Waals surface area contributed by atoms with Gasteiger partial charge in [-0.15, -0.1) is 0 Å². The van der Waals surface area contributed by atoms with Crippen LogP contribution in [0.3, 0.4) is 0 Å². The number of hydrogen-bond acceptors (Lipinski definition) is 7. The van der Waals surface area contributed by atoms with Crippen molar-refractivity contribution < 1.29 is 29.9 Å². The Kier molecular flexibility index (Phi) is 7.95. The van der Waals surface area contributed by atoms with Crippen LogP contribution in [0, 0.1) is 13.8 Å². The highest BCUT2D eigenvalue weighted by molar-refractivity contribution is 7.87. The van der Waals surface area contributed by atoms with Crippen LogP contribution in [0.5, 0.6) is 0 Å². The Balaban J connectivity index is 1.83. The molecule has 2 atom stereocenters. The van der Waals surface area contributed by atoms with Gasteiger partial charge in [-0.1, -0.05) is 35.4 Å². The normalized spacial score (nSPS) is 14.5. The fourth-order valence-corrected chi connectivity index (χ4v) is 4.34. The number of benzene rings is 2. The molecule has 0 N–H and O–H groups in total. The van der Waals surface area contributed by atoms with E-state index in [0.29, 0.717) is 0 Å². The molecule has 29 heavy (non-hydrogen) atoms. The fraction of sp³-hybridized carbons (Fsp3) is 0.400. The summed E-state index contributed by atoms with van der Waals surface area (Å²) in [6, 6.07) is 12.6. The Morgan fingerprint density at radius 3 is 1.28 bits per heavy atom. The van der Waals surface area contributed by atoms with Crippen molar-refractivity contribution in [3.63, 3.8) is 0 Å². The molecule has 0 aliphatic rings. The minimum Gasteiger partial charge on any atom is -0.371 e. The van der Waals surface area contributed by atoms with Crippen LogP contribution in [-0.2, 0) is 33.3 Å². The molecule has 0 saturated heterocycles. The van der Waals surface area contributed by atoms with Crippen molar-refractivity contribution in [1.82, 2.24) is 0 Å². The highest BCUT2D eigenvalue weighted by Crippen LogP contribution is 2.16. The summed E-state index contributed by atoms with van der Waals surface area (Å²) in [5.41, 5.74) is 1.88. The van der Waals surface area contributed by atoms with E-state index in [4.69, 9.17) is 13.1 Å². The number of ether oxygens (including phenoxy) is 1. The average molecular weight is 443 g/mol. The predicted octanol–water partition coefficient (Wildman–Crippen LogP) is 3.21. The quantitative estimate of drug-likeness (QED) is 0.521. The van der Waals surface area contributed by atoms with E-state index in [9.17, 15) is 16.8 Å². The molecule has 2 aromatic rings. The highest BCUT2D eigenvalue weighted by Gasteiger charge is 2.20. The molecule has 0 aliphatic heterocycles. The molecule has 0 radical (unpaired) electrons. The molecule has 0 amide bonds. The van der Waals surface area contributed by atoms with Crippen LogP contribution in [0.25, 0.3) is 0 Å². The first-order valence-electron chi connectivity index (χ1n) is 9.07. The van der Waals surface area contributed by atoms with Crippen molar-refractivity contribution in [1.29, 1.82) is 0 Å². The molecule has 0 aromatic heterocycles. The third kappa shape index (κ3) is 7.20. The van der Waals surface area contributed by atoms with Gasteiger partial charge in [-0.2, -0.15) is 16.8 Å². The summed E-state index contributed by atoms with van der Waals surface area (Å²) < 4.78 is 64.4. The van der Waals surface area contributed by atoms with E-state index in [1.54, 1.807) is 38.1 Å². The monoisotopic (exact) mass is 442 g/mol. The third-order valence-corrected chi connectivity index (χ3v) is 6.59. The van der Waals surface area contributed by atoms with Crippen molar-refractivity contribution in [3.8, 4) is 0 Å². The lowest BCUT2D eigenvalue weighted by molar-refractivity contribution is -0.0318. The standard InChI is InChI=1S/C20H26O7S2/c1-15-5-9-19(10-6-15)28(21,22)25-13-17(3)27-18(4)14-26-29(23,24)20-11-7-16(2)8-12-20/h5-12,17-18H,13-14H2,1-4H3/t17-,18+. The lowest BCUT2D eigenvalue weighted by Gasteiger charge is -2.19. The van der Waals surface area contributed by atoms with E-state index in [1.165, 1.54) is 24.3 Å². The predicted molar refractivity (Wildman–Crippen MR) is 109 cm³/mol. The van der Waals surface area contributed by atoms with Crippen molar-refractivity contribution >= 4 is 20.2 Å². The molecule has 9 heteroatoms. The van der Waals surface area contributed by atoms with Gasteiger partial charge in [0.25, 0.3) is 20.2 Å². The second-order valence-corrected chi connectivity index (χ2v) is 10.1. The molecule has 7 nitrogen and oxygen atoms in total. The van der Waals surface area contributed by atoms with Gasteiger partial charge in [0.2, 0.25) is 0 Å². The minimum atomic E-state index is -3.89. The minimum absolute atomic E-state index is 0.0656. The Bertz CT molecular complexity index is 912. The lowest BCUT2D eigenvalue weighted by Crippen LogP contribution is -2.27. The van der Waals surface area contributed by atoms with Gasteiger partial charge in [0.05, 0.1) is 35.2 Å². The number of aryl methyl sites for hydroxylation is 2. The maximum Gasteiger partial charge on any atom is 0.297 e. The second kappa shape index (κ2) is 9.82. The Morgan fingerprint density at radius 1 is 0.655 bits per heavy atom. The van der Waals surface area contributed by atoms with Gasteiger partial charge in [-0.25, -0.2) is 0 Å². The number of hydrogen-bond donors (Lipinski definition) is 0. The van der Waals surface area contributed by atoms with E-state index in [1.807, 2.05) is 13.8 Å². The fourth-order valence-electron chi connectivity index (χ4n) is 2.39. The molecule has 0 spiro atoms. The summed E-state index contributed by atoms with van der Waals surface area (Å²) in [6.45, 7) is 6.58. The topological polar surface area (TPSA) is 96.0 Å². The zero-order valence-electron chi connectivity index (χ0n) is 16.9. The first kappa shape index (κ1) is 23.5. The smallest absolute Gasteiger partial charge is 0.297 e. The van der Waals surface area contributed by atoms with E-state index in [-0.39, 0.29) is 23.0 Å². The molecular formula is C20H26O7S2. The molecule has 0 saturated carbocycles. The zero-order chi connectivity index (χ0) is 21.7. The van der Waals surface area contributed by atoms with Gasteiger partial charge in [-0.3, -0.25) is 8.37 Å². The van der Waals surface area contributed by atoms with Crippen LogP contribution in [-0.4, -0.2) is 42.3 Å². The summed E-state index contributed by atoms with van der Waals surface area (Å²) in [6.07, 6.45) is -1.17. The van der Waals surface area contributed by atoms with Gasteiger partial charge in [0.15, 0.2) is 0 Å². The molecular weight excluding hydrogens is 416 g/mol. The maximum absolute atomic E-state index is 12.2. The molecule has 0 unspecified atom stereocenters. The van der Waals surface area contributed by atoms with Crippen LogP contribution < -0.4 is 0 Å². The maximum atomic E-state index is 12.2. The average Bonchev–Trinajstić information content (AvgIpc) is 2.66. The first-order valence-corrected chi connectivity index (χ1v) is 11.9. The molecule has 2 rings (SSSR count). The Hall–Kier alpha value is -1.78. The Morgan fingerprint density at radius 2 is 0.966 bits per heavy atom. The SMILES string of the molecule is Cc1ccc(S(=O)(=O)OC[C@@H](C)O[C@@H](C)COS(=O)(=O)c2ccc(C)cc2)cc1. The Labute approximate surface area is 172 Å². The summed E-state index contributed by atoms with van der Waals surface area (Å²) in [5, 5.41) is 0. The van der Waals surface area contributed by atoms with Crippen LogP contribution >= 0.6 is 0 Å². The highest BCUT2D eigenvalue weighted by atomic mass is 32.2. The molecule has 2 aromatic carbocycles. The van der Waals surface area contributed by atoms with Crippen LogP contribution in [0.4, 0.5) is 0 Å². The summed E-state index contributed by atoms with van der Waals surface area (Å²) in [4.78, 5) is 0.131. The van der Waals surface area contributed by atoms with E-state index in [0.717, 1.165) is 11.1 Å².